The number of anilines is 2. The molecule has 3 N–H and O–H groups in total. The van der Waals surface area contributed by atoms with E-state index >= 15 is 0 Å². The highest BCUT2D eigenvalue weighted by Crippen LogP contribution is 2.29. The number of phenolic OH excluding ortho intramolecular Hbond substituents is 1. The Hall–Kier alpha value is -3.93. The molecule has 0 saturated heterocycles. The molecule has 0 fully saturated rings. The van der Waals surface area contributed by atoms with Crippen molar-refractivity contribution in [1.82, 2.24) is 0 Å². The average molecular weight is 388 g/mol. The van der Waals surface area contributed by atoms with Crippen molar-refractivity contribution >= 4 is 39.7 Å². The molecular weight excluding hydrogens is 368 g/mol. The molecule has 0 radical (unpaired) electrons. The third-order valence-corrected chi connectivity index (χ3v) is 4.41. The van der Waals surface area contributed by atoms with E-state index in [1.807, 2.05) is 0 Å². The number of aromatic hydroxyl groups is 1. The van der Waals surface area contributed by atoms with Crippen LogP contribution in [-0.4, -0.2) is 22.7 Å². The maximum absolute atomic E-state index is 12.4. The normalized spacial score (nSPS) is 11.2. The zero-order valence-corrected chi connectivity index (χ0v) is 16.0. The first-order chi connectivity index (χ1) is 13.8. The van der Waals surface area contributed by atoms with Crippen LogP contribution in [-0.2, 0) is 9.59 Å². The second kappa shape index (κ2) is 8.39. The summed E-state index contributed by atoms with van der Waals surface area (Å²) in [5, 5.41) is 16.7. The smallest absolute Gasteiger partial charge is 0.251 e. The summed E-state index contributed by atoms with van der Waals surface area (Å²) >= 11 is 0. The van der Waals surface area contributed by atoms with E-state index in [9.17, 15) is 19.5 Å². The van der Waals surface area contributed by atoms with Gasteiger partial charge < -0.3 is 15.7 Å². The van der Waals surface area contributed by atoms with Crippen LogP contribution in [0.25, 0.3) is 10.8 Å². The van der Waals surface area contributed by atoms with Gasteiger partial charge >= 0.3 is 0 Å². The zero-order valence-electron chi connectivity index (χ0n) is 16.0. The molecule has 6 nitrogen and oxygen atoms in total. The number of nitrogens with one attached hydrogen (secondary N) is 2. The number of carbonyl (C=O) groups excluding carboxylic acids is 3. The fourth-order valence-electron chi connectivity index (χ4n) is 2.85. The van der Waals surface area contributed by atoms with Crippen molar-refractivity contribution < 1.29 is 19.5 Å². The van der Waals surface area contributed by atoms with E-state index in [0.29, 0.717) is 27.7 Å². The maximum Gasteiger partial charge on any atom is 0.251 e. The first-order valence-corrected chi connectivity index (χ1v) is 8.97. The Bertz CT molecular complexity index is 1130. The summed E-state index contributed by atoms with van der Waals surface area (Å²) in [4.78, 5) is 36.0. The summed E-state index contributed by atoms with van der Waals surface area (Å²) in [5.41, 5.74) is 1.84. The van der Waals surface area contributed by atoms with Crippen LogP contribution in [0.4, 0.5) is 11.4 Å². The Kier molecular flexibility index (Phi) is 5.74. The number of rotatable bonds is 5. The van der Waals surface area contributed by atoms with Crippen LogP contribution in [0.2, 0.25) is 0 Å². The predicted molar refractivity (Wildman–Crippen MR) is 113 cm³/mol. The second-order valence-electron chi connectivity index (χ2n) is 6.58. The van der Waals surface area contributed by atoms with E-state index in [1.165, 1.54) is 19.9 Å². The maximum atomic E-state index is 12.4. The Balaban J connectivity index is 1.71. The van der Waals surface area contributed by atoms with Gasteiger partial charge in [-0.25, -0.2) is 0 Å². The standard InChI is InChI=1S/C23H20N2O4/c1-14(23(29)24-17-11-9-16(10-12-17)15(2)26)13-22(28)25-20-7-3-6-19-18(20)5-4-8-21(19)27/h3-13,27H,1-2H3,(H,24,29)(H,25,28)/b14-13-. The van der Waals surface area contributed by atoms with Crippen LogP contribution in [0.1, 0.15) is 24.2 Å². The lowest BCUT2D eigenvalue weighted by molar-refractivity contribution is -0.114. The fraction of sp³-hybridized carbons (Fsp3) is 0.0870. The Morgan fingerprint density at radius 3 is 2.17 bits per heavy atom. The molecule has 3 rings (SSSR count). The largest absolute Gasteiger partial charge is 0.507 e. The van der Waals surface area contributed by atoms with Crippen molar-refractivity contribution in [2.24, 2.45) is 0 Å². The Labute approximate surface area is 167 Å². The number of fused-ring (bicyclic) bond motifs is 1. The quantitative estimate of drug-likeness (QED) is 0.449. The van der Waals surface area contributed by atoms with E-state index in [2.05, 4.69) is 10.6 Å². The van der Waals surface area contributed by atoms with Gasteiger partial charge in [-0.3, -0.25) is 14.4 Å². The highest BCUT2D eigenvalue weighted by molar-refractivity contribution is 6.12. The van der Waals surface area contributed by atoms with Gasteiger partial charge in [-0.2, -0.15) is 0 Å². The molecule has 0 bridgehead atoms. The van der Waals surface area contributed by atoms with Crippen molar-refractivity contribution in [3.63, 3.8) is 0 Å². The van der Waals surface area contributed by atoms with E-state index in [-0.39, 0.29) is 17.1 Å². The number of hydrogen-bond acceptors (Lipinski definition) is 4. The summed E-state index contributed by atoms with van der Waals surface area (Å²) in [5.74, 6) is -0.815. The van der Waals surface area contributed by atoms with Gasteiger partial charge in [-0.05, 0) is 50.2 Å². The lowest BCUT2D eigenvalue weighted by Gasteiger charge is -2.09. The molecule has 0 saturated carbocycles. The molecule has 6 heteroatoms. The highest BCUT2D eigenvalue weighted by atomic mass is 16.3. The molecule has 0 aliphatic rings. The van der Waals surface area contributed by atoms with Gasteiger partial charge in [0.15, 0.2) is 5.78 Å². The molecule has 0 heterocycles. The van der Waals surface area contributed by atoms with Gasteiger partial charge in [-0.1, -0.05) is 24.3 Å². The summed E-state index contributed by atoms with van der Waals surface area (Å²) in [7, 11) is 0. The summed E-state index contributed by atoms with van der Waals surface area (Å²) in [6.07, 6.45) is 1.21. The van der Waals surface area contributed by atoms with Crippen LogP contribution in [0.3, 0.4) is 0 Å². The first kappa shape index (κ1) is 19.8. The van der Waals surface area contributed by atoms with Crippen LogP contribution in [0.5, 0.6) is 5.75 Å². The molecular formula is C23H20N2O4. The number of ketones is 1. The second-order valence-corrected chi connectivity index (χ2v) is 6.58. The molecule has 146 valence electrons. The summed E-state index contributed by atoms with van der Waals surface area (Å²) < 4.78 is 0. The van der Waals surface area contributed by atoms with Gasteiger partial charge in [0.05, 0.1) is 0 Å². The van der Waals surface area contributed by atoms with E-state index in [1.54, 1.807) is 60.7 Å². The molecule has 0 aliphatic heterocycles. The molecule has 0 aromatic heterocycles. The first-order valence-electron chi connectivity index (χ1n) is 8.97. The monoisotopic (exact) mass is 388 g/mol. The van der Waals surface area contributed by atoms with E-state index in [0.717, 1.165) is 0 Å². The van der Waals surface area contributed by atoms with Crippen molar-refractivity contribution in [2.75, 3.05) is 10.6 Å². The zero-order chi connectivity index (χ0) is 21.0. The number of Topliss-reactive ketones (excluding diaryl/α,β-unsaturated/α-hetero) is 1. The molecule has 3 aromatic rings. The highest BCUT2D eigenvalue weighted by Gasteiger charge is 2.10. The summed E-state index contributed by atoms with van der Waals surface area (Å²) in [6, 6.07) is 16.8. The SMILES string of the molecule is CC(=O)c1ccc(NC(=O)/C(C)=C\C(=O)Nc2cccc3c(O)cccc23)cc1. The third-order valence-electron chi connectivity index (χ3n) is 4.41. The minimum atomic E-state index is -0.458. The van der Waals surface area contributed by atoms with Crippen molar-refractivity contribution in [3.8, 4) is 5.75 Å². The predicted octanol–water partition coefficient (Wildman–Crippen LogP) is 4.27. The van der Waals surface area contributed by atoms with E-state index in [4.69, 9.17) is 0 Å². The average Bonchev–Trinajstić information content (AvgIpc) is 2.69. The topological polar surface area (TPSA) is 95.5 Å². The van der Waals surface area contributed by atoms with Crippen molar-refractivity contribution in [2.45, 2.75) is 13.8 Å². The lowest BCUT2D eigenvalue weighted by atomic mass is 10.1. The number of benzene rings is 3. The van der Waals surface area contributed by atoms with Gasteiger partial charge in [0.2, 0.25) is 5.91 Å². The van der Waals surface area contributed by atoms with Gasteiger partial charge in [0.1, 0.15) is 5.75 Å². The molecule has 0 spiro atoms. The Morgan fingerprint density at radius 2 is 1.48 bits per heavy atom. The molecule has 3 aromatic carbocycles. The van der Waals surface area contributed by atoms with Crippen molar-refractivity contribution in [1.29, 1.82) is 0 Å². The minimum absolute atomic E-state index is 0.0580. The molecule has 0 aliphatic carbocycles. The van der Waals surface area contributed by atoms with E-state index < -0.39 is 11.8 Å². The summed E-state index contributed by atoms with van der Waals surface area (Å²) in [6.45, 7) is 3.00. The van der Waals surface area contributed by atoms with Crippen LogP contribution >= 0.6 is 0 Å². The number of carbonyl (C=O) groups is 3. The number of amides is 2. The number of hydrogen-bond donors (Lipinski definition) is 3. The van der Waals surface area contributed by atoms with Crippen LogP contribution < -0.4 is 10.6 Å². The van der Waals surface area contributed by atoms with Crippen LogP contribution in [0.15, 0.2) is 72.3 Å². The molecule has 2 amide bonds. The van der Waals surface area contributed by atoms with Gasteiger partial charge in [0, 0.05) is 39.4 Å². The van der Waals surface area contributed by atoms with Crippen LogP contribution in [0, 0.1) is 0 Å². The minimum Gasteiger partial charge on any atom is -0.507 e. The van der Waals surface area contributed by atoms with Gasteiger partial charge in [0.25, 0.3) is 5.91 Å². The lowest BCUT2D eigenvalue weighted by Crippen LogP contribution is -2.16. The molecule has 29 heavy (non-hydrogen) atoms. The Morgan fingerprint density at radius 1 is 0.828 bits per heavy atom. The third kappa shape index (κ3) is 4.68. The fourth-order valence-corrected chi connectivity index (χ4v) is 2.85. The molecule has 0 unspecified atom stereocenters. The van der Waals surface area contributed by atoms with Gasteiger partial charge in [-0.15, -0.1) is 0 Å². The molecule has 0 atom stereocenters. The number of phenols is 1. The van der Waals surface area contributed by atoms with Crippen molar-refractivity contribution in [3.05, 3.63) is 77.9 Å².